The van der Waals surface area contributed by atoms with Gasteiger partial charge in [0.2, 0.25) is 0 Å². The molecule has 0 saturated heterocycles. The molecular formula is C16H26ClNO. The van der Waals surface area contributed by atoms with Crippen LogP contribution in [0.3, 0.4) is 0 Å². The SMILES string of the molecule is CCCC(CCO)CNC(CC)c1cccc(Cl)c1. The van der Waals surface area contributed by atoms with E-state index in [9.17, 15) is 0 Å². The van der Waals surface area contributed by atoms with E-state index in [0.29, 0.717) is 12.0 Å². The number of hydrogen-bond acceptors (Lipinski definition) is 2. The Labute approximate surface area is 122 Å². The lowest BCUT2D eigenvalue weighted by atomic mass is 9.98. The molecule has 0 aliphatic heterocycles. The molecule has 0 aromatic heterocycles. The molecule has 2 unspecified atom stereocenters. The fourth-order valence-corrected chi connectivity index (χ4v) is 2.67. The van der Waals surface area contributed by atoms with Crippen LogP contribution >= 0.6 is 11.6 Å². The summed E-state index contributed by atoms with van der Waals surface area (Å²) in [5, 5.41) is 13.5. The van der Waals surface area contributed by atoms with Crippen LogP contribution < -0.4 is 5.32 Å². The molecule has 19 heavy (non-hydrogen) atoms. The fraction of sp³-hybridized carbons (Fsp3) is 0.625. The summed E-state index contributed by atoms with van der Waals surface area (Å²) >= 11 is 6.05. The van der Waals surface area contributed by atoms with Crippen molar-refractivity contribution in [2.45, 2.75) is 45.6 Å². The molecule has 0 aliphatic rings. The zero-order chi connectivity index (χ0) is 14.1. The molecule has 1 rings (SSSR count). The normalized spacial score (nSPS) is 14.3. The first kappa shape index (κ1) is 16.5. The third kappa shape index (κ3) is 5.94. The summed E-state index contributed by atoms with van der Waals surface area (Å²) in [6.07, 6.45) is 4.25. The molecule has 0 spiro atoms. The van der Waals surface area contributed by atoms with Gasteiger partial charge >= 0.3 is 0 Å². The first-order valence-corrected chi connectivity index (χ1v) is 7.68. The van der Waals surface area contributed by atoms with E-state index in [1.54, 1.807) is 0 Å². The number of aliphatic hydroxyl groups is 1. The van der Waals surface area contributed by atoms with E-state index < -0.39 is 0 Å². The van der Waals surface area contributed by atoms with Crippen LogP contribution in [0.2, 0.25) is 5.02 Å². The Hall–Kier alpha value is -0.570. The zero-order valence-electron chi connectivity index (χ0n) is 12.0. The van der Waals surface area contributed by atoms with Gasteiger partial charge < -0.3 is 10.4 Å². The van der Waals surface area contributed by atoms with Gasteiger partial charge in [0.05, 0.1) is 0 Å². The highest BCUT2D eigenvalue weighted by Gasteiger charge is 2.12. The van der Waals surface area contributed by atoms with Gasteiger partial charge in [0.15, 0.2) is 0 Å². The molecule has 108 valence electrons. The Kier molecular flexibility index (Phi) is 8.11. The average molecular weight is 284 g/mol. The van der Waals surface area contributed by atoms with E-state index in [0.717, 1.165) is 24.4 Å². The molecule has 2 nitrogen and oxygen atoms in total. The molecule has 1 aromatic carbocycles. The first-order valence-electron chi connectivity index (χ1n) is 7.30. The topological polar surface area (TPSA) is 32.3 Å². The largest absolute Gasteiger partial charge is 0.396 e. The molecular weight excluding hydrogens is 258 g/mol. The lowest BCUT2D eigenvalue weighted by Crippen LogP contribution is -2.27. The third-order valence-corrected chi connectivity index (χ3v) is 3.78. The molecule has 0 bridgehead atoms. The summed E-state index contributed by atoms with van der Waals surface area (Å²) in [4.78, 5) is 0. The predicted octanol–water partition coefficient (Wildman–Crippen LogP) is 4.18. The van der Waals surface area contributed by atoms with Crippen molar-refractivity contribution in [3.05, 3.63) is 34.9 Å². The van der Waals surface area contributed by atoms with Crippen LogP contribution in [0.4, 0.5) is 0 Å². The maximum atomic E-state index is 9.09. The summed E-state index contributed by atoms with van der Waals surface area (Å²) in [6, 6.07) is 8.40. The second-order valence-electron chi connectivity index (χ2n) is 5.09. The maximum absolute atomic E-state index is 9.09. The van der Waals surface area contributed by atoms with Gasteiger partial charge in [-0.2, -0.15) is 0 Å². The van der Waals surface area contributed by atoms with Crippen molar-refractivity contribution >= 4 is 11.6 Å². The van der Waals surface area contributed by atoms with Gasteiger partial charge in [0.25, 0.3) is 0 Å². The number of rotatable bonds is 9. The first-order chi connectivity index (χ1) is 9.21. The minimum atomic E-state index is 0.278. The lowest BCUT2D eigenvalue weighted by Gasteiger charge is -2.22. The number of halogens is 1. The van der Waals surface area contributed by atoms with Crippen LogP contribution in [0.25, 0.3) is 0 Å². The minimum absolute atomic E-state index is 0.278. The van der Waals surface area contributed by atoms with Crippen molar-refractivity contribution in [1.82, 2.24) is 5.32 Å². The molecule has 0 aliphatic carbocycles. The van der Waals surface area contributed by atoms with Crippen molar-refractivity contribution in [2.75, 3.05) is 13.2 Å². The van der Waals surface area contributed by atoms with Crippen LogP contribution in [0.15, 0.2) is 24.3 Å². The van der Waals surface area contributed by atoms with Crippen LogP contribution in [-0.2, 0) is 0 Å². The van der Waals surface area contributed by atoms with Crippen LogP contribution in [0.5, 0.6) is 0 Å². The van der Waals surface area contributed by atoms with Gasteiger partial charge in [0.1, 0.15) is 0 Å². The minimum Gasteiger partial charge on any atom is -0.396 e. The van der Waals surface area contributed by atoms with Gasteiger partial charge in [-0.05, 0) is 49.4 Å². The van der Waals surface area contributed by atoms with Crippen LogP contribution in [-0.4, -0.2) is 18.3 Å². The Bertz CT molecular complexity index is 350. The molecule has 0 amide bonds. The third-order valence-electron chi connectivity index (χ3n) is 3.55. The highest BCUT2D eigenvalue weighted by Crippen LogP contribution is 2.21. The standard InChI is InChI=1S/C16H26ClNO/c1-3-6-13(9-10-19)12-18-16(4-2)14-7-5-8-15(17)11-14/h5,7-8,11,13,16,18-19H,3-4,6,9-10,12H2,1-2H3. The Balaban J connectivity index is 2.56. The highest BCUT2D eigenvalue weighted by atomic mass is 35.5. The predicted molar refractivity (Wildman–Crippen MR) is 82.6 cm³/mol. The summed E-state index contributed by atoms with van der Waals surface area (Å²) in [5.41, 5.74) is 1.24. The van der Waals surface area contributed by atoms with Gasteiger partial charge in [-0.1, -0.05) is 44.0 Å². The monoisotopic (exact) mass is 283 g/mol. The van der Waals surface area contributed by atoms with Crippen LogP contribution in [0.1, 0.15) is 51.1 Å². The van der Waals surface area contributed by atoms with E-state index in [-0.39, 0.29) is 6.61 Å². The van der Waals surface area contributed by atoms with Crippen molar-refractivity contribution < 1.29 is 5.11 Å². The smallest absolute Gasteiger partial charge is 0.0434 e. The Morgan fingerprint density at radius 1 is 1.26 bits per heavy atom. The second kappa shape index (κ2) is 9.35. The molecule has 0 heterocycles. The maximum Gasteiger partial charge on any atom is 0.0434 e. The number of benzene rings is 1. The molecule has 0 fully saturated rings. The van der Waals surface area contributed by atoms with Gasteiger partial charge in [-0.15, -0.1) is 0 Å². The van der Waals surface area contributed by atoms with E-state index in [4.69, 9.17) is 16.7 Å². The Morgan fingerprint density at radius 3 is 2.63 bits per heavy atom. The molecule has 0 radical (unpaired) electrons. The van der Waals surface area contributed by atoms with Crippen LogP contribution in [0, 0.1) is 5.92 Å². The number of hydrogen-bond donors (Lipinski definition) is 2. The van der Waals surface area contributed by atoms with Crippen molar-refractivity contribution in [3.8, 4) is 0 Å². The fourth-order valence-electron chi connectivity index (χ4n) is 2.47. The summed E-state index contributed by atoms with van der Waals surface area (Å²) in [7, 11) is 0. The quantitative estimate of drug-likeness (QED) is 0.713. The highest BCUT2D eigenvalue weighted by molar-refractivity contribution is 6.30. The average Bonchev–Trinajstić information content (AvgIpc) is 2.40. The zero-order valence-corrected chi connectivity index (χ0v) is 12.8. The van der Waals surface area contributed by atoms with Gasteiger partial charge in [-0.25, -0.2) is 0 Å². The molecule has 2 N–H and O–H groups in total. The van der Waals surface area contributed by atoms with Crippen molar-refractivity contribution in [1.29, 1.82) is 0 Å². The van der Waals surface area contributed by atoms with Gasteiger partial charge in [-0.3, -0.25) is 0 Å². The van der Waals surface area contributed by atoms with E-state index in [2.05, 4.69) is 25.2 Å². The number of nitrogens with one attached hydrogen (secondary N) is 1. The van der Waals surface area contributed by atoms with E-state index in [1.165, 1.54) is 18.4 Å². The van der Waals surface area contributed by atoms with E-state index in [1.807, 2.05) is 18.2 Å². The number of aliphatic hydroxyl groups excluding tert-OH is 1. The molecule has 1 aromatic rings. The molecule has 3 heteroatoms. The summed E-state index contributed by atoms with van der Waals surface area (Å²) in [6.45, 7) is 5.61. The molecule has 0 saturated carbocycles. The van der Waals surface area contributed by atoms with Crippen molar-refractivity contribution in [3.63, 3.8) is 0 Å². The van der Waals surface area contributed by atoms with Crippen molar-refractivity contribution in [2.24, 2.45) is 5.92 Å². The second-order valence-corrected chi connectivity index (χ2v) is 5.53. The summed E-state index contributed by atoms with van der Waals surface area (Å²) < 4.78 is 0. The summed E-state index contributed by atoms with van der Waals surface area (Å²) in [5.74, 6) is 0.559. The lowest BCUT2D eigenvalue weighted by molar-refractivity contribution is 0.244. The van der Waals surface area contributed by atoms with E-state index >= 15 is 0 Å². The van der Waals surface area contributed by atoms with Gasteiger partial charge in [0, 0.05) is 17.7 Å². The molecule has 2 atom stereocenters. The Morgan fingerprint density at radius 2 is 2.05 bits per heavy atom.